The smallest absolute Gasteiger partial charge is 0.316 e. The average Bonchev–Trinajstić information content (AvgIpc) is 1.61. The summed E-state index contributed by atoms with van der Waals surface area (Å²) in [6.07, 6.45) is 0. The van der Waals surface area contributed by atoms with Gasteiger partial charge in [0, 0.05) is 0 Å². The zero-order chi connectivity index (χ0) is 4.83. The van der Waals surface area contributed by atoms with Crippen molar-refractivity contribution >= 4 is 0 Å². The van der Waals surface area contributed by atoms with Crippen LogP contribution in [-0.2, 0) is 0 Å². The van der Waals surface area contributed by atoms with E-state index in [1.54, 1.807) is 0 Å². The van der Waals surface area contributed by atoms with E-state index < -0.39 is 0 Å². The summed E-state index contributed by atoms with van der Waals surface area (Å²) in [5, 5.41) is 5.31. The third kappa shape index (κ3) is 2.58. The monoisotopic (exact) mass is 80.0 g/mol. The van der Waals surface area contributed by atoms with Gasteiger partial charge in [0.15, 0.2) is 0 Å². The van der Waals surface area contributed by atoms with E-state index in [-0.39, 0.29) is 0 Å². The van der Waals surface area contributed by atoms with Gasteiger partial charge in [0.25, 0.3) is 0 Å². The van der Waals surface area contributed by atoms with Crippen LogP contribution in [-0.4, -0.2) is 0 Å². The van der Waals surface area contributed by atoms with Gasteiger partial charge in [0.1, 0.15) is 0 Å². The Morgan fingerprint density at radius 1 is 1.00 bits per heavy atom. The summed E-state index contributed by atoms with van der Waals surface area (Å²) < 4.78 is 0. The quantitative estimate of drug-likeness (QED) is 0.237. The topological polar surface area (TPSA) is 33.4 Å². The average molecular weight is 80.0 g/mol. The van der Waals surface area contributed by atoms with Gasteiger partial charge in [-0.1, -0.05) is 0 Å². The molecule has 0 atom stereocenters. The molecule has 4 heteroatoms. The van der Waals surface area contributed by atoms with E-state index in [2.05, 4.69) is 20.4 Å². The van der Waals surface area contributed by atoms with Crippen LogP contribution >= 0.6 is 0 Å². The molecule has 0 heterocycles. The normalized spacial score (nSPS) is 7.00. The van der Waals surface area contributed by atoms with Crippen LogP contribution in [0.5, 0.6) is 0 Å². The molecule has 6 heavy (non-hydrogen) atoms. The van der Waals surface area contributed by atoms with Crippen molar-refractivity contribution in [2.24, 2.45) is 10.4 Å². The van der Waals surface area contributed by atoms with Crippen LogP contribution in [0.3, 0.4) is 0 Å². The Hall–Kier alpha value is -1.42. The molecule has 0 N–H and O–H groups in total. The van der Waals surface area contributed by atoms with Crippen molar-refractivity contribution in [1.82, 2.24) is 0 Å². The zero-order valence-electron chi connectivity index (χ0n) is 2.79. The molecule has 0 aromatic heterocycles. The fourth-order valence-electron chi connectivity index (χ4n) is 0.0400. The lowest BCUT2D eigenvalue weighted by Crippen LogP contribution is -1.28. The van der Waals surface area contributed by atoms with Crippen molar-refractivity contribution in [2.75, 3.05) is 0 Å². The third-order valence-corrected chi connectivity index (χ3v) is 0.129. The second-order valence-corrected chi connectivity index (χ2v) is 0.379. The lowest BCUT2D eigenvalue weighted by Gasteiger charge is -1.36. The minimum atomic E-state index is 2.42. The number of hydrogen-bond acceptors (Lipinski definition) is 2. The van der Waals surface area contributed by atoms with Crippen LogP contribution in [0.15, 0.2) is 10.4 Å². The molecule has 4 nitrogen and oxygen atoms in total. The fourth-order valence-corrected chi connectivity index (χ4v) is 0.0400. The highest BCUT2D eigenvalue weighted by molar-refractivity contribution is 4.42. The van der Waals surface area contributed by atoms with Crippen molar-refractivity contribution in [2.45, 2.75) is 0 Å². The third-order valence-electron chi connectivity index (χ3n) is 0.129. The van der Waals surface area contributed by atoms with Gasteiger partial charge >= 0.3 is 10.4 Å². The molecular weight excluding hydrogens is 80.0 g/mol. The molecule has 0 aromatic rings. The van der Waals surface area contributed by atoms with Gasteiger partial charge < -0.3 is 13.1 Å². The van der Waals surface area contributed by atoms with E-state index in [0.717, 1.165) is 0 Å². The summed E-state index contributed by atoms with van der Waals surface area (Å²) in [6.45, 7) is 11.9. The summed E-state index contributed by atoms with van der Waals surface area (Å²) in [4.78, 5) is 4.84. The van der Waals surface area contributed by atoms with Crippen LogP contribution in [0, 0.1) is 13.1 Å². The van der Waals surface area contributed by atoms with Crippen LogP contribution < -0.4 is 0 Å². The van der Waals surface area contributed by atoms with Gasteiger partial charge in [-0.15, -0.1) is 0 Å². The van der Waals surface area contributed by atoms with E-state index in [9.17, 15) is 0 Å². The molecular formula is C2N4. The molecule has 0 fully saturated rings. The largest absolute Gasteiger partial charge is 0.476 e. The first kappa shape index (κ1) is 4.58. The first-order valence-corrected chi connectivity index (χ1v) is 1.05. The molecule has 28 valence electrons. The predicted molar refractivity (Wildman–Crippen MR) is 18.1 cm³/mol. The van der Waals surface area contributed by atoms with Crippen LogP contribution in [0.25, 0.3) is 9.91 Å². The maximum Gasteiger partial charge on any atom is 0.476 e. The molecule has 0 saturated heterocycles. The molecule has 0 aliphatic heterocycles. The zero-order valence-corrected chi connectivity index (χ0v) is 2.79. The van der Waals surface area contributed by atoms with Crippen molar-refractivity contribution < 1.29 is 0 Å². The Bertz CT molecular complexity index is 105. The number of nitrogens with zero attached hydrogens (tertiary/aromatic N) is 4. The van der Waals surface area contributed by atoms with Crippen molar-refractivity contribution in [3.05, 3.63) is 23.1 Å². The fraction of sp³-hybridized carbons (Fsp3) is 0. The van der Waals surface area contributed by atoms with Crippen LogP contribution in [0.1, 0.15) is 0 Å². The first-order valence-electron chi connectivity index (χ1n) is 1.05. The maximum atomic E-state index is 5.93. The molecule has 0 aromatic carbocycles. The van der Waals surface area contributed by atoms with Crippen molar-refractivity contribution in [3.8, 4) is 0 Å². The SMILES string of the molecule is [C-]#[N+]/N=N/[N+]#[C-]. The summed E-state index contributed by atoms with van der Waals surface area (Å²) in [5.74, 6) is 0. The van der Waals surface area contributed by atoms with Crippen LogP contribution in [0.4, 0.5) is 0 Å². The minimum absolute atomic E-state index is 2.42. The Morgan fingerprint density at radius 3 is 1.50 bits per heavy atom. The second kappa shape index (κ2) is 3.58. The van der Waals surface area contributed by atoms with E-state index in [1.807, 2.05) is 0 Å². The Balaban J connectivity index is 3.36. The molecule has 0 bridgehead atoms. The molecule has 0 unspecified atom stereocenters. The van der Waals surface area contributed by atoms with Crippen molar-refractivity contribution in [1.29, 1.82) is 0 Å². The van der Waals surface area contributed by atoms with Gasteiger partial charge in [0.05, 0.1) is 0 Å². The van der Waals surface area contributed by atoms with Gasteiger partial charge in [-0.05, 0) is 0 Å². The number of rotatable bonds is 0. The Labute approximate surface area is 34.7 Å². The first-order chi connectivity index (χ1) is 2.91. The summed E-state index contributed by atoms with van der Waals surface area (Å²) in [5.41, 5.74) is 0. The molecule has 0 saturated carbocycles. The molecule has 0 spiro atoms. The predicted octanol–water partition coefficient (Wildman–Crippen LogP) is 1.11. The van der Waals surface area contributed by atoms with Gasteiger partial charge in [-0.3, -0.25) is 0 Å². The van der Waals surface area contributed by atoms with Crippen LogP contribution in [0.2, 0.25) is 0 Å². The highest BCUT2D eigenvalue weighted by atomic mass is 15.5. The highest BCUT2D eigenvalue weighted by Crippen LogP contribution is 1.71. The lowest BCUT2D eigenvalue weighted by molar-refractivity contribution is 1.22. The second-order valence-electron chi connectivity index (χ2n) is 0.379. The lowest BCUT2D eigenvalue weighted by atomic mass is 11.8. The molecule has 0 aliphatic carbocycles. The van der Waals surface area contributed by atoms with E-state index in [1.165, 1.54) is 0 Å². The highest BCUT2D eigenvalue weighted by Gasteiger charge is 1.76. The van der Waals surface area contributed by atoms with Gasteiger partial charge in [0.2, 0.25) is 0 Å². The Kier molecular flexibility index (Phi) is 2.73. The van der Waals surface area contributed by atoms with E-state index >= 15 is 0 Å². The van der Waals surface area contributed by atoms with E-state index in [4.69, 9.17) is 13.1 Å². The molecule has 0 rings (SSSR count). The molecule has 0 aliphatic rings. The molecule has 0 radical (unpaired) electrons. The van der Waals surface area contributed by atoms with E-state index in [0.29, 0.717) is 0 Å². The van der Waals surface area contributed by atoms with Gasteiger partial charge in [-0.2, -0.15) is 9.91 Å². The Morgan fingerprint density at radius 2 is 1.33 bits per heavy atom. The maximum absolute atomic E-state index is 5.93. The van der Waals surface area contributed by atoms with Gasteiger partial charge in [-0.25, -0.2) is 0 Å². The summed E-state index contributed by atoms with van der Waals surface area (Å²) in [7, 11) is 0. The van der Waals surface area contributed by atoms with Crippen molar-refractivity contribution in [3.63, 3.8) is 0 Å². The molecule has 0 amide bonds. The standard InChI is InChI=1S/C2N4/c1-3-5-6-4-2/b6-5+. The minimum Gasteiger partial charge on any atom is -0.316 e. The number of hydrogen-bond donors (Lipinski definition) is 0. The summed E-state index contributed by atoms with van der Waals surface area (Å²) in [6, 6.07) is 0. The summed E-state index contributed by atoms with van der Waals surface area (Å²) >= 11 is 0.